The van der Waals surface area contributed by atoms with Crippen molar-refractivity contribution in [3.05, 3.63) is 210 Å². The van der Waals surface area contributed by atoms with Gasteiger partial charge in [0.15, 0.2) is 0 Å². The summed E-state index contributed by atoms with van der Waals surface area (Å²) in [5.41, 5.74) is -2.64. The van der Waals surface area contributed by atoms with Crippen molar-refractivity contribution >= 4 is 32.8 Å². The van der Waals surface area contributed by atoms with Crippen LogP contribution in [0.15, 0.2) is 176 Å². The van der Waals surface area contributed by atoms with Crippen molar-refractivity contribution in [2.45, 2.75) is 130 Å². The summed E-state index contributed by atoms with van der Waals surface area (Å²) in [6, 6.07) is 44.5. The van der Waals surface area contributed by atoms with Gasteiger partial charge in [0.2, 0.25) is 0 Å². The molecular formula is C74H72N4O. The lowest BCUT2D eigenvalue weighted by atomic mass is 9.63. The Labute approximate surface area is 493 Å². The summed E-state index contributed by atoms with van der Waals surface area (Å²) >= 11 is 0. The van der Waals surface area contributed by atoms with E-state index in [-0.39, 0.29) is 16.4 Å². The second-order valence-electron chi connectivity index (χ2n) is 24.2. The van der Waals surface area contributed by atoms with E-state index in [9.17, 15) is 9.60 Å². The molecule has 0 N–H and O–H groups in total. The molecule has 0 spiro atoms. The Kier molecular flexibility index (Phi) is 7.51. The number of para-hydroxylation sites is 1. The van der Waals surface area contributed by atoms with Crippen molar-refractivity contribution < 1.29 is 35.3 Å². The highest BCUT2D eigenvalue weighted by Gasteiger charge is 2.38. The van der Waals surface area contributed by atoms with Crippen LogP contribution >= 0.6 is 0 Å². The number of nitrogens with zero attached hydrogens (tertiary/aromatic N) is 4. The molecule has 8 aromatic carbocycles. The van der Waals surface area contributed by atoms with Crippen LogP contribution in [-0.4, -0.2) is 14.1 Å². The van der Waals surface area contributed by atoms with Gasteiger partial charge in [-0.05, 0) is 167 Å². The molecule has 394 valence electrons. The summed E-state index contributed by atoms with van der Waals surface area (Å²) in [4.78, 5) is 4.87. The van der Waals surface area contributed by atoms with Crippen LogP contribution in [0.4, 0.5) is 0 Å². The number of hydrogen-bond donors (Lipinski definition) is 0. The van der Waals surface area contributed by atoms with Crippen LogP contribution in [0.1, 0.15) is 156 Å². The molecule has 0 atom stereocenters. The molecule has 4 heterocycles. The van der Waals surface area contributed by atoms with E-state index in [1.807, 2.05) is 95.7 Å². The van der Waals surface area contributed by atoms with Crippen molar-refractivity contribution in [2.24, 2.45) is 0 Å². The number of benzene rings is 8. The van der Waals surface area contributed by atoms with E-state index in [4.69, 9.17) is 26.2 Å². The Bertz CT molecular complexity index is 5110. The molecule has 0 saturated heterocycles. The minimum Gasteiger partial charge on any atom is -0.458 e. The van der Waals surface area contributed by atoms with Gasteiger partial charge in [0.05, 0.1) is 37.6 Å². The summed E-state index contributed by atoms with van der Waals surface area (Å²) < 4.78 is 190. The Morgan fingerprint density at radius 3 is 1.90 bits per heavy atom. The molecule has 1 aliphatic carbocycles. The maximum atomic E-state index is 10.4. The molecule has 3 aromatic heterocycles. The highest BCUT2D eigenvalue weighted by atomic mass is 16.5. The normalized spacial score (nSPS) is 20.2. The third kappa shape index (κ3) is 8.42. The fourth-order valence-electron chi connectivity index (χ4n) is 11.4. The van der Waals surface area contributed by atoms with Crippen LogP contribution in [-0.2, 0) is 27.1 Å². The summed E-state index contributed by atoms with van der Waals surface area (Å²) in [5.74, 6) is 1.59. The highest BCUT2D eigenvalue weighted by molar-refractivity contribution is 6.09. The fourth-order valence-corrected chi connectivity index (χ4v) is 11.4. The van der Waals surface area contributed by atoms with Gasteiger partial charge in [-0.25, -0.2) is 4.98 Å². The molecule has 0 unspecified atom stereocenters. The number of ether oxygens (including phenoxy) is 1. The molecule has 0 amide bonds. The van der Waals surface area contributed by atoms with E-state index >= 15 is 0 Å². The van der Waals surface area contributed by atoms with Crippen LogP contribution in [0.3, 0.4) is 0 Å². The first-order valence-corrected chi connectivity index (χ1v) is 26.7. The second-order valence-corrected chi connectivity index (χ2v) is 24.2. The third-order valence-corrected chi connectivity index (χ3v) is 15.6. The first kappa shape index (κ1) is 33.4. The van der Waals surface area contributed by atoms with Crippen LogP contribution in [0, 0.1) is 6.33 Å². The van der Waals surface area contributed by atoms with Crippen molar-refractivity contribution in [3.63, 3.8) is 0 Å². The average molecular weight is 1050 g/mol. The number of aromatic nitrogens is 4. The van der Waals surface area contributed by atoms with E-state index in [2.05, 4.69) is 110 Å². The Morgan fingerprint density at radius 2 is 1.20 bits per heavy atom. The highest BCUT2D eigenvalue weighted by Crippen LogP contribution is 2.50. The van der Waals surface area contributed by atoms with Gasteiger partial charge in [-0.15, -0.1) is 0 Å². The zero-order valence-electron chi connectivity index (χ0n) is 64.7. The zero-order valence-corrected chi connectivity index (χ0v) is 45.7. The molecule has 11 aromatic rings. The van der Waals surface area contributed by atoms with E-state index in [0.717, 1.165) is 66.7 Å². The fraction of sp³-hybridized carbons (Fsp3) is 0.270. The van der Waals surface area contributed by atoms with Gasteiger partial charge in [0.25, 0.3) is 6.33 Å². The van der Waals surface area contributed by atoms with Crippen molar-refractivity contribution in [2.75, 3.05) is 0 Å². The monoisotopic (exact) mass is 1050 g/mol. The first-order chi connectivity index (χ1) is 45.3. The quantitative estimate of drug-likeness (QED) is 0.127. The number of rotatable bonds is 5. The molecule has 0 fully saturated rings. The van der Waals surface area contributed by atoms with Crippen molar-refractivity contribution in [1.29, 1.82) is 0 Å². The van der Waals surface area contributed by atoms with Crippen LogP contribution in [0.5, 0.6) is 11.5 Å². The molecule has 79 heavy (non-hydrogen) atoms. The summed E-state index contributed by atoms with van der Waals surface area (Å²) in [5, 5.41) is 1.98. The van der Waals surface area contributed by atoms with Gasteiger partial charge in [-0.2, -0.15) is 0 Å². The van der Waals surface area contributed by atoms with Gasteiger partial charge in [-0.1, -0.05) is 199 Å². The zero-order chi connectivity index (χ0) is 71.3. The topological polar surface area (TPSA) is 35.9 Å². The summed E-state index contributed by atoms with van der Waals surface area (Å²) in [6.45, 7) is 2.34. The van der Waals surface area contributed by atoms with E-state index in [1.54, 1.807) is 34.9 Å². The van der Waals surface area contributed by atoms with Crippen LogP contribution < -0.4 is 9.30 Å². The number of pyridine rings is 1. The number of hydrogen-bond acceptors (Lipinski definition) is 2. The molecule has 0 saturated carbocycles. The molecule has 0 bridgehead atoms. The molecular weight excluding hydrogens is 961 g/mol. The second kappa shape index (κ2) is 17.7. The lowest BCUT2D eigenvalue weighted by Crippen LogP contribution is -2.35. The maximum absolute atomic E-state index is 10.4. The Hall–Kier alpha value is -8.02. The Morgan fingerprint density at radius 1 is 0.557 bits per heavy atom. The average Bonchev–Trinajstić information content (AvgIpc) is 0.736. The predicted molar refractivity (Wildman–Crippen MR) is 329 cm³/mol. The van der Waals surface area contributed by atoms with Gasteiger partial charge >= 0.3 is 0 Å². The van der Waals surface area contributed by atoms with Crippen molar-refractivity contribution in [1.82, 2.24) is 14.1 Å². The van der Waals surface area contributed by atoms with E-state index in [1.165, 1.54) is 0 Å². The van der Waals surface area contributed by atoms with Gasteiger partial charge in [0, 0.05) is 45.0 Å². The smallest absolute Gasteiger partial charge is 0.269 e. The SMILES string of the molecule is [2H]c1c([2H])c2c(c([2H])c1-c1cc3c4c(c1)n(-c1cccc(Oc5ccc6c7ccccc7n(-c7cc(C(C)(C)C)ccn7)c6c5)c1)[c-][n+]4-c1c(cc(C(C)(C)C)cc1C(C)(C)C)-c1ccccc1-c1ccccc1-3)C(C([2H])([2H])[2H])(C([2H])([2H])[2H])C([2H])([2H])C([2H])([2H])C2(C([2H])([2H])[2H])C([2H])([2H])[2H]. The van der Waals surface area contributed by atoms with Crippen LogP contribution in [0.2, 0.25) is 0 Å². The minimum absolute atomic E-state index is 0.161. The summed E-state index contributed by atoms with van der Waals surface area (Å²) in [6.07, 6.45) is -3.44. The molecule has 0 radical (unpaired) electrons. The lowest BCUT2D eigenvalue weighted by Gasteiger charge is -2.42. The molecule has 5 heteroatoms. The van der Waals surface area contributed by atoms with E-state index in [0.29, 0.717) is 44.9 Å². The lowest BCUT2D eigenvalue weighted by molar-refractivity contribution is -0.572. The Balaban J connectivity index is 1.16. The molecule has 13 rings (SSSR count). The van der Waals surface area contributed by atoms with Gasteiger partial charge in [0.1, 0.15) is 17.3 Å². The summed E-state index contributed by atoms with van der Waals surface area (Å²) in [7, 11) is 0. The number of imidazole rings is 1. The van der Waals surface area contributed by atoms with Gasteiger partial charge < -0.3 is 4.74 Å². The van der Waals surface area contributed by atoms with Gasteiger partial charge in [-0.3, -0.25) is 13.7 Å². The van der Waals surface area contributed by atoms with Crippen molar-refractivity contribution in [3.8, 4) is 73.2 Å². The standard InChI is InChI=1S/C74H72N4O/c1-70(2,3)48-33-36-75-67(42-48)78-64-28-19-18-27-57(64)58-31-30-52(44-65(58)78)79-51-22-20-21-50(43-51)76-45-77-68-60(40-49(71(4,5)6)41-63(68)72(7,8)9)56-26-17-15-24-54(56)53-23-14-16-25-55(53)59-37-47(39-66(76)69(59)77)46-29-32-61-62(38-46)74(12,13)35-34-73(61,10)11/h14-33,36-44H,34-35H2,1-13H3/i10D3,11D3,12D3,13D3,29D,32D,34D2,35D2,38D. The van der Waals surface area contributed by atoms with Crippen LogP contribution in [0.25, 0.3) is 94.5 Å². The van der Waals surface area contributed by atoms with E-state index < -0.39 is 91.2 Å². The molecule has 5 nitrogen and oxygen atoms in total. The minimum atomic E-state index is -4.52. The third-order valence-electron chi connectivity index (χ3n) is 15.6. The predicted octanol–water partition coefficient (Wildman–Crippen LogP) is 19.2. The maximum Gasteiger partial charge on any atom is 0.269 e. The largest absolute Gasteiger partial charge is 0.458 e. The molecule has 1 aliphatic heterocycles. The number of fused-ring (bicyclic) bond motifs is 11. The first-order valence-electron chi connectivity index (χ1n) is 36.2. The molecule has 2 aliphatic rings.